The van der Waals surface area contributed by atoms with Crippen molar-refractivity contribution in [2.75, 3.05) is 44.8 Å². The van der Waals surface area contributed by atoms with Crippen molar-refractivity contribution in [2.45, 2.75) is 13.0 Å². The maximum Gasteiger partial charge on any atom is 0.317 e. The van der Waals surface area contributed by atoms with Gasteiger partial charge in [0.1, 0.15) is 0 Å². The zero-order chi connectivity index (χ0) is 23.6. The van der Waals surface area contributed by atoms with Gasteiger partial charge in [-0.15, -0.1) is 11.3 Å². The molecule has 174 valence electrons. The number of nitrogens with zero attached hydrogens (tertiary/aromatic N) is 2. The van der Waals surface area contributed by atoms with Gasteiger partial charge in [0, 0.05) is 42.5 Å². The van der Waals surface area contributed by atoms with E-state index in [2.05, 4.69) is 22.8 Å². The first-order chi connectivity index (χ1) is 15.9. The maximum atomic E-state index is 12.9. The second-order valence-corrected chi connectivity index (χ2v) is 8.83. The van der Waals surface area contributed by atoms with Crippen molar-refractivity contribution in [3.05, 3.63) is 82.0 Å². The molecule has 0 atom stereocenters. The molecule has 0 spiro atoms. The van der Waals surface area contributed by atoms with Crippen molar-refractivity contribution in [3.8, 4) is 0 Å². The molecule has 0 aliphatic rings. The highest BCUT2D eigenvalue weighted by atomic mass is 32.1. The number of nitrogens with one attached hydrogen (secondary N) is 2. The van der Waals surface area contributed by atoms with Crippen LogP contribution in [0, 0.1) is 0 Å². The molecule has 0 saturated heterocycles. The van der Waals surface area contributed by atoms with Crippen LogP contribution in [0.5, 0.6) is 0 Å². The third-order valence-corrected chi connectivity index (χ3v) is 5.93. The lowest BCUT2D eigenvalue weighted by Gasteiger charge is -2.25. The number of amides is 3. The van der Waals surface area contributed by atoms with Gasteiger partial charge in [-0.2, -0.15) is 0 Å². The Labute approximate surface area is 199 Å². The Balaban J connectivity index is 1.58. The molecule has 7 nitrogen and oxygen atoms in total. The number of hydrogen-bond donors (Lipinski definition) is 3. The van der Waals surface area contributed by atoms with Crippen LogP contribution in [-0.2, 0) is 13.0 Å². The van der Waals surface area contributed by atoms with E-state index in [1.54, 1.807) is 27.8 Å². The SMILES string of the molecule is CN(C)CCN(Cc1ccc(C(=O)Nc2cscc2N)cc1)C(=O)NCCc1ccccc1. The predicted octanol–water partition coefficient (Wildman–Crippen LogP) is 3.90. The lowest BCUT2D eigenvalue weighted by Crippen LogP contribution is -2.43. The average Bonchev–Trinajstić information content (AvgIpc) is 3.21. The van der Waals surface area contributed by atoms with Crippen LogP contribution in [0.3, 0.4) is 0 Å². The summed E-state index contributed by atoms with van der Waals surface area (Å²) in [5.41, 5.74) is 9.70. The third kappa shape index (κ3) is 7.62. The number of nitrogens with two attached hydrogens (primary N) is 1. The van der Waals surface area contributed by atoms with Gasteiger partial charge in [0.05, 0.1) is 11.4 Å². The summed E-state index contributed by atoms with van der Waals surface area (Å²) in [4.78, 5) is 29.2. The predicted molar refractivity (Wildman–Crippen MR) is 136 cm³/mol. The molecule has 8 heteroatoms. The summed E-state index contributed by atoms with van der Waals surface area (Å²) in [5, 5.41) is 9.44. The van der Waals surface area contributed by atoms with Crippen LogP contribution >= 0.6 is 11.3 Å². The molecule has 0 bridgehead atoms. The van der Waals surface area contributed by atoms with Crippen LogP contribution in [-0.4, -0.2) is 55.5 Å². The van der Waals surface area contributed by atoms with E-state index < -0.39 is 0 Å². The van der Waals surface area contributed by atoms with Crippen LogP contribution in [0.15, 0.2) is 65.4 Å². The highest BCUT2D eigenvalue weighted by Gasteiger charge is 2.15. The number of likely N-dealkylation sites (N-methyl/N-ethyl adjacent to an activating group) is 1. The molecule has 0 fully saturated rings. The molecule has 0 saturated carbocycles. The van der Waals surface area contributed by atoms with E-state index in [-0.39, 0.29) is 11.9 Å². The van der Waals surface area contributed by atoms with Gasteiger partial charge in [0.25, 0.3) is 5.91 Å². The summed E-state index contributed by atoms with van der Waals surface area (Å²) in [7, 11) is 3.97. The van der Waals surface area contributed by atoms with Crippen molar-refractivity contribution in [1.82, 2.24) is 15.1 Å². The van der Waals surface area contributed by atoms with Gasteiger partial charge < -0.3 is 26.2 Å². The topological polar surface area (TPSA) is 90.7 Å². The Bertz CT molecular complexity index is 1030. The first-order valence-electron chi connectivity index (χ1n) is 10.9. The summed E-state index contributed by atoms with van der Waals surface area (Å²) in [5.74, 6) is -0.213. The lowest BCUT2D eigenvalue weighted by atomic mass is 10.1. The molecular weight excluding hydrogens is 434 g/mol. The van der Waals surface area contributed by atoms with Crippen molar-refractivity contribution in [1.29, 1.82) is 0 Å². The van der Waals surface area contributed by atoms with Crippen LogP contribution in [0.4, 0.5) is 16.2 Å². The van der Waals surface area contributed by atoms with Gasteiger partial charge >= 0.3 is 6.03 Å². The molecule has 3 amide bonds. The monoisotopic (exact) mass is 465 g/mol. The summed E-state index contributed by atoms with van der Waals surface area (Å²) in [6.07, 6.45) is 0.784. The smallest absolute Gasteiger partial charge is 0.317 e. The number of benzene rings is 2. The zero-order valence-electron chi connectivity index (χ0n) is 19.1. The summed E-state index contributed by atoms with van der Waals surface area (Å²) in [6, 6.07) is 17.3. The van der Waals surface area contributed by atoms with E-state index in [1.807, 2.05) is 49.3 Å². The normalized spacial score (nSPS) is 10.8. The van der Waals surface area contributed by atoms with Crippen LogP contribution in [0.1, 0.15) is 21.5 Å². The number of carbonyl (C=O) groups excluding carboxylic acids is 2. The van der Waals surface area contributed by atoms with Gasteiger partial charge in [-0.1, -0.05) is 42.5 Å². The van der Waals surface area contributed by atoms with Crippen molar-refractivity contribution in [3.63, 3.8) is 0 Å². The molecule has 2 aromatic carbocycles. The molecule has 0 unspecified atom stereocenters. The van der Waals surface area contributed by atoms with E-state index in [0.29, 0.717) is 36.6 Å². The zero-order valence-corrected chi connectivity index (χ0v) is 19.9. The number of hydrogen-bond acceptors (Lipinski definition) is 5. The van der Waals surface area contributed by atoms with Gasteiger partial charge in [0.15, 0.2) is 0 Å². The molecular formula is C25H31N5O2S. The first-order valence-corrected chi connectivity index (χ1v) is 11.8. The number of thiophene rings is 1. The lowest BCUT2D eigenvalue weighted by molar-refractivity contribution is 0.102. The molecule has 3 aromatic rings. The molecule has 0 aliphatic carbocycles. The Morgan fingerprint density at radius 2 is 1.67 bits per heavy atom. The number of anilines is 2. The van der Waals surface area contributed by atoms with Gasteiger partial charge in [-0.05, 0) is 43.8 Å². The molecule has 4 N–H and O–H groups in total. The van der Waals surface area contributed by atoms with Crippen molar-refractivity contribution < 1.29 is 9.59 Å². The minimum Gasteiger partial charge on any atom is -0.396 e. The highest BCUT2D eigenvalue weighted by molar-refractivity contribution is 7.09. The molecule has 1 heterocycles. The van der Waals surface area contributed by atoms with E-state index in [1.165, 1.54) is 16.9 Å². The Morgan fingerprint density at radius 1 is 0.939 bits per heavy atom. The summed E-state index contributed by atoms with van der Waals surface area (Å²) in [6.45, 7) is 2.40. The third-order valence-electron chi connectivity index (χ3n) is 5.17. The van der Waals surface area contributed by atoms with E-state index in [0.717, 1.165) is 18.5 Å². The Morgan fingerprint density at radius 3 is 2.30 bits per heavy atom. The average molecular weight is 466 g/mol. The quantitative estimate of drug-likeness (QED) is 0.424. The van der Waals surface area contributed by atoms with E-state index in [4.69, 9.17) is 5.73 Å². The number of carbonyl (C=O) groups is 2. The van der Waals surface area contributed by atoms with Gasteiger partial charge in [-0.3, -0.25) is 4.79 Å². The van der Waals surface area contributed by atoms with E-state index in [9.17, 15) is 9.59 Å². The fraction of sp³-hybridized carbons (Fsp3) is 0.280. The Kier molecular flexibility index (Phi) is 8.86. The van der Waals surface area contributed by atoms with Gasteiger partial charge in [-0.25, -0.2) is 4.79 Å². The van der Waals surface area contributed by atoms with Crippen LogP contribution in [0.25, 0.3) is 0 Å². The minimum absolute atomic E-state index is 0.0949. The summed E-state index contributed by atoms with van der Waals surface area (Å²) < 4.78 is 0. The van der Waals surface area contributed by atoms with Crippen molar-refractivity contribution in [2.24, 2.45) is 0 Å². The summed E-state index contributed by atoms with van der Waals surface area (Å²) >= 11 is 1.44. The molecule has 0 radical (unpaired) electrons. The maximum absolute atomic E-state index is 12.9. The Hall–Kier alpha value is -3.36. The second kappa shape index (κ2) is 12.0. The first kappa shape index (κ1) is 24.3. The standard InChI is InChI=1S/C25H31N5O2S/c1-29(2)14-15-30(25(32)27-13-12-19-6-4-3-5-7-19)16-20-8-10-21(11-9-20)24(31)28-23-18-33-17-22(23)26/h3-11,17-18H,12-16,26H2,1-2H3,(H,27,32)(H,28,31). The van der Waals surface area contributed by atoms with Gasteiger partial charge in [0.2, 0.25) is 0 Å². The number of nitrogen functional groups attached to an aromatic ring is 1. The van der Waals surface area contributed by atoms with Crippen LogP contribution in [0.2, 0.25) is 0 Å². The second-order valence-electron chi connectivity index (χ2n) is 8.08. The molecule has 1 aromatic heterocycles. The highest BCUT2D eigenvalue weighted by Crippen LogP contribution is 2.23. The fourth-order valence-corrected chi connectivity index (χ4v) is 3.90. The molecule has 0 aliphatic heterocycles. The van der Waals surface area contributed by atoms with E-state index >= 15 is 0 Å². The number of rotatable bonds is 10. The van der Waals surface area contributed by atoms with Crippen molar-refractivity contribution >= 4 is 34.6 Å². The number of urea groups is 1. The minimum atomic E-state index is -0.213. The van der Waals surface area contributed by atoms with Crippen LogP contribution < -0.4 is 16.4 Å². The molecule has 33 heavy (non-hydrogen) atoms. The largest absolute Gasteiger partial charge is 0.396 e. The fourth-order valence-electron chi connectivity index (χ4n) is 3.23. The molecule has 3 rings (SSSR count).